The predicted octanol–water partition coefficient (Wildman–Crippen LogP) is 3.82. The lowest BCUT2D eigenvalue weighted by Gasteiger charge is -2.15. The van der Waals surface area contributed by atoms with Crippen molar-refractivity contribution in [3.63, 3.8) is 0 Å². The maximum Gasteiger partial charge on any atom is 0.165 e. The lowest BCUT2D eigenvalue weighted by atomic mass is 10.1. The topological polar surface area (TPSA) is 21.3 Å². The summed E-state index contributed by atoms with van der Waals surface area (Å²) in [5.41, 5.74) is 1.38. The minimum atomic E-state index is -0.398. The molecule has 0 aliphatic rings. The molecule has 0 radical (unpaired) electrons. The molecule has 0 spiro atoms. The summed E-state index contributed by atoms with van der Waals surface area (Å²) in [5.74, 6) is -0.422. The third-order valence-electron chi connectivity index (χ3n) is 3.20. The first-order valence-corrected chi connectivity index (χ1v) is 6.42. The second-order valence-corrected chi connectivity index (χ2v) is 4.59. The molecular formula is C16H17F2NO. The Kier molecular flexibility index (Phi) is 4.69. The van der Waals surface area contributed by atoms with E-state index in [0.29, 0.717) is 12.1 Å². The molecule has 0 aromatic heterocycles. The zero-order chi connectivity index (χ0) is 14.5. The van der Waals surface area contributed by atoms with Gasteiger partial charge in [-0.15, -0.1) is 0 Å². The number of hydrogen-bond donors (Lipinski definition) is 1. The summed E-state index contributed by atoms with van der Waals surface area (Å²) >= 11 is 0. The van der Waals surface area contributed by atoms with Crippen molar-refractivity contribution in [2.45, 2.75) is 19.5 Å². The first kappa shape index (κ1) is 14.5. The Morgan fingerprint density at radius 3 is 2.50 bits per heavy atom. The van der Waals surface area contributed by atoms with E-state index in [9.17, 15) is 8.78 Å². The fourth-order valence-electron chi connectivity index (χ4n) is 2.03. The van der Waals surface area contributed by atoms with Crippen LogP contribution in [0.15, 0.2) is 42.5 Å². The molecule has 0 saturated carbocycles. The van der Waals surface area contributed by atoms with Crippen molar-refractivity contribution in [2.24, 2.45) is 0 Å². The standard InChI is InChI=1S/C16H17F2NO/c1-11(13-5-3-4-6-14(13)17)19-10-12-7-8-16(20-2)15(18)9-12/h3-9,11,19H,10H2,1-2H3/t11-/m1/s1. The highest BCUT2D eigenvalue weighted by Crippen LogP contribution is 2.19. The molecule has 2 aromatic rings. The average Bonchev–Trinajstić information content (AvgIpc) is 2.45. The van der Waals surface area contributed by atoms with Gasteiger partial charge in [0, 0.05) is 18.2 Å². The summed E-state index contributed by atoms with van der Waals surface area (Å²) in [4.78, 5) is 0. The highest BCUT2D eigenvalue weighted by Gasteiger charge is 2.10. The number of ether oxygens (including phenoxy) is 1. The first-order chi connectivity index (χ1) is 9.61. The molecule has 20 heavy (non-hydrogen) atoms. The van der Waals surface area contributed by atoms with Crippen LogP contribution in [0.25, 0.3) is 0 Å². The molecule has 0 heterocycles. The Morgan fingerprint density at radius 2 is 1.85 bits per heavy atom. The Bertz CT molecular complexity index is 586. The van der Waals surface area contributed by atoms with Crippen LogP contribution in [0.2, 0.25) is 0 Å². The van der Waals surface area contributed by atoms with Gasteiger partial charge < -0.3 is 10.1 Å². The number of nitrogens with one attached hydrogen (secondary N) is 1. The maximum absolute atomic E-state index is 13.6. The fourth-order valence-corrected chi connectivity index (χ4v) is 2.03. The van der Waals surface area contributed by atoms with E-state index in [2.05, 4.69) is 5.32 Å². The van der Waals surface area contributed by atoms with Crippen LogP contribution in [0, 0.1) is 11.6 Å². The summed E-state index contributed by atoms with van der Waals surface area (Å²) in [6.45, 7) is 2.33. The second kappa shape index (κ2) is 6.48. The molecule has 1 atom stereocenters. The molecule has 4 heteroatoms. The van der Waals surface area contributed by atoms with E-state index in [1.54, 1.807) is 30.3 Å². The summed E-state index contributed by atoms with van der Waals surface area (Å²) in [6.07, 6.45) is 0. The highest BCUT2D eigenvalue weighted by atomic mass is 19.1. The molecule has 0 unspecified atom stereocenters. The Hall–Kier alpha value is -1.94. The van der Waals surface area contributed by atoms with Crippen LogP contribution in [0.5, 0.6) is 5.75 Å². The number of methoxy groups -OCH3 is 1. The van der Waals surface area contributed by atoms with Crippen molar-refractivity contribution in [1.82, 2.24) is 5.32 Å². The quantitative estimate of drug-likeness (QED) is 0.897. The van der Waals surface area contributed by atoms with Gasteiger partial charge in [0.05, 0.1) is 7.11 Å². The molecule has 2 aromatic carbocycles. The molecule has 106 valence electrons. The smallest absolute Gasteiger partial charge is 0.165 e. The first-order valence-electron chi connectivity index (χ1n) is 6.42. The third kappa shape index (κ3) is 3.33. The lowest BCUT2D eigenvalue weighted by molar-refractivity contribution is 0.386. The van der Waals surface area contributed by atoms with Gasteiger partial charge in [-0.2, -0.15) is 0 Å². The van der Waals surface area contributed by atoms with Crippen molar-refractivity contribution < 1.29 is 13.5 Å². The molecule has 2 nitrogen and oxygen atoms in total. The Labute approximate surface area is 117 Å². The molecule has 0 bridgehead atoms. The Balaban J connectivity index is 2.02. The van der Waals surface area contributed by atoms with Crippen LogP contribution in [0.4, 0.5) is 8.78 Å². The Morgan fingerprint density at radius 1 is 1.10 bits per heavy atom. The minimum absolute atomic E-state index is 0.152. The maximum atomic E-state index is 13.6. The molecular weight excluding hydrogens is 260 g/mol. The van der Waals surface area contributed by atoms with Crippen molar-refractivity contribution >= 4 is 0 Å². The van der Waals surface area contributed by atoms with Crippen molar-refractivity contribution in [3.8, 4) is 5.75 Å². The largest absolute Gasteiger partial charge is 0.494 e. The van der Waals surface area contributed by atoms with Gasteiger partial charge >= 0.3 is 0 Å². The summed E-state index contributed by atoms with van der Waals surface area (Å²) in [7, 11) is 1.43. The minimum Gasteiger partial charge on any atom is -0.494 e. The zero-order valence-electron chi connectivity index (χ0n) is 11.5. The second-order valence-electron chi connectivity index (χ2n) is 4.59. The van der Waals surface area contributed by atoms with E-state index in [-0.39, 0.29) is 17.6 Å². The SMILES string of the molecule is COc1ccc(CN[C@H](C)c2ccccc2F)cc1F. The van der Waals surface area contributed by atoms with Gasteiger partial charge in [0.1, 0.15) is 5.82 Å². The van der Waals surface area contributed by atoms with E-state index < -0.39 is 5.82 Å². The van der Waals surface area contributed by atoms with Gasteiger partial charge in [-0.3, -0.25) is 0 Å². The van der Waals surface area contributed by atoms with E-state index >= 15 is 0 Å². The van der Waals surface area contributed by atoms with Crippen LogP contribution in [-0.4, -0.2) is 7.11 Å². The monoisotopic (exact) mass is 277 g/mol. The van der Waals surface area contributed by atoms with Crippen LogP contribution < -0.4 is 10.1 Å². The van der Waals surface area contributed by atoms with Gasteiger partial charge in [-0.05, 0) is 30.7 Å². The van der Waals surface area contributed by atoms with Crippen molar-refractivity contribution in [1.29, 1.82) is 0 Å². The third-order valence-corrected chi connectivity index (χ3v) is 3.20. The average molecular weight is 277 g/mol. The number of benzene rings is 2. The van der Waals surface area contributed by atoms with Crippen molar-refractivity contribution in [3.05, 3.63) is 65.2 Å². The summed E-state index contributed by atoms with van der Waals surface area (Å²) in [5, 5.41) is 3.17. The van der Waals surface area contributed by atoms with Crippen LogP contribution in [0.1, 0.15) is 24.1 Å². The van der Waals surface area contributed by atoms with E-state index in [1.807, 2.05) is 6.92 Å². The molecule has 0 fully saturated rings. The van der Waals surface area contributed by atoms with Crippen molar-refractivity contribution in [2.75, 3.05) is 7.11 Å². The molecule has 2 rings (SSSR count). The zero-order valence-corrected chi connectivity index (χ0v) is 11.5. The van der Waals surface area contributed by atoms with E-state index in [0.717, 1.165) is 5.56 Å². The van der Waals surface area contributed by atoms with Gasteiger partial charge in [-0.1, -0.05) is 24.3 Å². The lowest BCUT2D eigenvalue weighted by Crippen LogP contribution is -2.19. The van der Waals surface area contributed by atoms with Gasteiger partial charge in [-0.25, -0.2) is 8.78 Å². The molecule has 0 amide bonds. The normalized spacial score (nSPS) is 12.2. The fraction of sp³-hybridized carbons (Fsp3) is 0.250. The highest BCUT2D eigenvalue weighted by molar-refractivity contribution is 5.29. The summed E-state index contributed by atoms with van der Waals surface area (Å²) in [6, 6.07) is 11.3. The van der Waals surface area contributed by atoms with E-state index in [1.165, 1.54) is 19.2 Å². The molecule has 1 N–H and O–H groups in total. The van der Waals surface area contributed by atoms with Crippen LogP contribution in [-0.2, 0) is 6.54 Å². The van der Waals surface area contributed by atoms with E-state index in [4.69, 9.17) is 4.74 Å². The van der Waals surface area contributed by atoms with Gasteiger partial charge in [0.25, 0.3) is 0 Å². The number of rotatable bonds is 5. The van der Waals surface area contributed by atoms with Crippen LogP contribution >= 0.6 is 0 Å². The van der Waals surface area contributed by atoms with Gasteiger partial charge in [0.2, 0.25) is 0 Å². The predicted molar refractivity (Wildman–Crippen MR) is 74.6 cm³/mol. The summed E-state index contributed by atoms with van der Waals surface area (Å²) < 4.78 is 32.0. The van der Waals surface area contributed by atoms with Gasteiger partial charge in [0.15, 0.2) is 11.6 Å². The number of halogens is 2. The molecule has 0 aliphatic heterocycles. The molecule has 0 saturated heterocycles. The van der Waals surface area contributed by atoms with Crippen LogP contribution in [0.3, 0.4) is 0 Å². The molecule has 0 aliphatic carbocycles. The number of hydrogen-bond acceptors (Lipinski definition) is 2.